The minimum absolute atomic E-state index is 0.125. The summed E-state index contributed by atoms with van der Waals surface area (Å²) in [5.41, 5.74) is 0.982. The minimum Gasteiger partial charge on any atom is -0.373 e. The van der Waals surface area contributed by atoms with Crippen LogP contribution in [0.15, 0.2) is 29.1 Å². The molecule has 2 N–H and O–H groups in total. The number of nitrogens with one attached hydrogen (secondary N) is 2. The molecule has 0 radical (unpaired) electrons. The first kappa shape index (κ1) is 15.5. The van der Waals surface area contributed by atoms with Crippen molar-refractivity contribution in [1.82, 2.24) is 15.3 Å². The molecule has 4 saturated carbocycles. The molecule has 130 valence electrons. The van der Waals surface area contributed by atoms with E-state index in [-0.39, 0.29) is 5.56 Å². The second kappa shape index (κ2) is 5.63. The predicted molar refractivity (Wildman–Crippen MR) is 103 cm³/mol. The highest BCUT2D eigenvalue weighted by molar-refractivity contribution is 7.80. The summed E-state index contributed by atoms with van der Waals surface area (Å²) in [5, 5.41) is 4.05. The van der Waals surface area contributed by atoms with Crippen LogP contribution in [0.3, 0.4) is 0 Å². The predicted octanol–water partition coefficient (Wildman–Crippen LogP) is 3.40. The van der Waals surface area contributed by atoms with Gasteiger partial charge in [0, 0.05) is 6.54 Å². The van der Waals surface area contributed by atoms with Gasteiger partial charge >= 0.3 is 0 Å². The first-order valence-corrected chi connectivity index (χ1v) is 9.78. The lowest BCUT2D eigenvalue weighted by atomic mass is 9.49. The Morgan fingerprint density at radius 1 is 1.16 bits per heavy atom. The molecule has 25 heavy (non-hydrogen) atoms. The van der Waals surface area contributed by atoms with Gasteiger partial charge in [-0.2, -0.15) is 0 Å². The maximum Gasteiger partial charge on any atom is 0.259 e. The molecular formula is C20H23N3OS. The lowest BCUT2D eigenvalue weighted by Gasteiger charge is -2.57. The number of H-pyrrole nitrogens is 1. The number of thiocarbonyl (C=S) groups is 1. The molecule has 0 unspecified atom stereocenters. The zero-order valence-electron chi connectivity index (χ0n) is 14.3. The Hall–Kier alpha value is -1.75. The second-order valence-corrected chi connectivity index (χ2v) is 8.94. The van der Waals surface area contributed by atoms with Gasteiger partial charge in [-0.05, 0) is 73.8 Å². The summed E-state index contributed by atoms with van der Waals surface area (Å²) in [6.07, 6.45) is 8.37. The van der Waals surface area contributed by atoms with Crippen molar-refractivity contribution in [1.29, 1.82) is 0 Å². The fourth-order valence-corrected chi connectivity index (χ4v) is 6.22. The van der Waals surface area contributed by atoms with E-state index in [9.17, 15) is 4.79 Å². The molecule has 5 heteroatoms. The third-order valence-electron chi connectivity index (χ3n) is 6.62. The third-order valence-corrected chi connectivity index (χ3v) is 6.95. The maximum absolute atomic E-state index is 12.2. The van der Waals surface area contributed by atoms with Crippen molar-refractivity contribution in [3.8, 4) is 0 Å². The molecule has 1 aromatic heterocycles. The summed E-state index contributed by atoms with van der Waals surface area (Å²) in [7, 11) is 0. The molecule has 0 spiro atoms. The van der Waals surface area contributed by atoms with Crippen LogP contribution in [0.1, 0.15) is 44.3 Å². The van der Waals surface area contributed by atoms with Gasteiger partial charge in [0.05, 0.1) is 10.9 Å². The van der Waals surface area contributed by atoms with Gasteiger partial charge in [0.25, 0.3) is 5.56 Å². The van der Waals surface area contributed by atoms with E-state index in [1.165, 1.54) is 38.5 Å². The summed E-state index contributed by atoms with van der Waals surface area (Å²) in [5.74, 6) is 3.28. The molecule has 6 rings (SSSR count). The van der Waals surface area contributed by atoms with Crippen molar-refractivity contribution in [3.63, 3.8) is 0 Å². The fraction of sp³-hybridized carbons (Fsp3) is 0.550. The number of aromatic nitrogens is 2. The van der Waals surface area contributed by atoms with Crippen molar-refractivity contribution >= 4 is 28.1 Å². The molecule has 2 aromatic rings. The van der Waals surface area contributed by atoms with E-state index in [2.05, 4.69) is 15.3 Å². The summed E-state index contributed by atoms with van der Waals surface area (Å²) < 4.78 is 0. The van der Waals surface area contributed by atoms with Gasteiger partial charge in [0.2, 0.25) is 0 Å². The van der Waals surface area contributed by atoms with Crippen LogP contribution in [0.2, 0.25) is 0 Å². The summed E-state index contributed by atoms with van der Waals surface area (Å²) in [6, 6.07) is 7.39. The average Bonchev–Trinajstić information content (AvgIpc) is 2.58. The fourth-order valence-electron chi connectivity index (χ4n) is 6.05. The third kappa shape index (κ3) is 2.69. The zero-order chi connectivity index (χ0) is 17.0. The van der Waals surface area contributed by atoms with Gasteiger partial charge in [-0.3, -0.25) is 4.79 Å². The molecule has 0 atom stereocenters. The van der Waals surface area contributed by atoms with E-state index in [4.69, 9.17) is 12.2 Å². The Morgan fingerprint density at radius 2 is 1.80 bits per heavy atom. The number of aromatic amines is 1. The molecule has 0 aliphatic heterocycles. The topological polar surface area (TPSA) is 57.8 Å². The van der Waals surface area contributed by atoms with Crippen molar-refractivity contribution < 1.29 is 0 Å². The smallest absolute Gasteiger partial charge is 0.259 e. The van der Waals surface area contributed by atoms with Crippen LogP contribution in [0.4, 0.5) is 0 Å². The lowest BCUT2D eigenvalue weighted by Crippen LogP contribution is -2.51. The Kier molecular flexibility index (Phi) is 3.49. The van der Waals surface area contributed by atoms with Gasteiger partial charge < -0.3 is 10.3 Å². The Labute approximate surface area is 152 Å². The van der Waals surface area contributed by atoms with E-state index in [0.29, 0.717) is 27.1 Å². The largest absolute Gasteiger partial charge is 0.373 e. The molecule has 0 amide bonds. The molecule has 4 nitrogen and oxygen atoms in total. The Bertz CT molecular complexity index is 868. The highest BCUT2D eigenvalue weighted by atomic mass is 32.1. The van der Waals surface area contributed by atoms with Crippen LogP contribution in [-0.2, 0) is 0 Å². The number of benzene rings is 1. The number of fused-ring (bicyclic) bond motifs is 1. The number of hydrogen-bond donors (Lipinski definition) is 2. The SMILES string of the molecule is O=c1[nH]c(C(=S)NCC23CC4CC(CC(C4)C2)C3)nc2ccccc12. The number of para-hydroxylation sites is 1. The normalized spacial score (nSPS) is 32.9. The van der Waals surface area contributed by atoms with Gasteiger partial charge in [-0.1, -0.05) is 24.4 Å². The second-order valence-electron chi connectivity index (χ2n) is 8.53. The minimum atomic E-state index is -0.125. The molecule has 4 bridgehead atoms. The van der Waals surface area contributed by atoms with Gasteiger partial charge in [-0.15, -0.1) is 0 Å². The van der Waals surface area contributed by atoms with Gasteiger partial charge in [0.15, 0.2) is 5.82 Å². The lowest BCUT2D eigenvalue weighted by molar-refractivity contribution is -0.0490. The summed E-state index contributed by atoms with van der Waals surface area (Å²) >= 11 is 5.55. The monoisotopic (exact) mass is 353 g/mol. The quantitative estimate of drug-likeness (QED) is 0.831. The molecule has 1 aromatic carbocycles. The molecule has 4 fully saturated rings. The molecule has 4 aliphatic rings. The van der Waals surface area contributed by atoms with Crippen molar-refractivity contribution in [3.05, 3.63) is 40.4 Å². The summed E-state index contributed by atoms with van der Waals surface area (Å²) in [6.45, 7) is 0.922. The summed E-state index contributed by atoms with van der Waals surface area (Å²) in [4.78, 5) is 20.2. The van der Waals surface area contributed by atoms with Crippen molar-refractivity contribution in [2.24, 2.45) is 23.2 Å². The van der Waals surface area contributed by atoms with E-state index < -0.39 is 0 Å². The highest BCUT2D eigenvalue weighted by Gasteiger charge is 2.50. The molecule has 0 saturated heterocycles. The van der Waals surface area contributed by atoms with Crippen LogP contribution in [0.25, 0.3) is 10.9 Å². The van der Waals surface area contributed by atoms with Crippen molar-refractivity contribution in [2.45, 2.75) is 38.5 Å². The molecule has 4 aliphatic carbocycles. The average molecular weight is 353 g/mol. The standard InChI is InChI=1S/C20H23N3OS/c24-18-15-3-1-2-4-16(15)22-17(23-18)19(25)21-11-20-8-12-5-13(9-20)7-14(6-12)10-20/h1-4,12-14H,5-11H2,(H,21,25)(H,22,23,24). The van der Waals surface area contributed by atoms with Crippen LogP contribution >= 0.6 is 12.2 Å². The first-order chi connectivity index (χ1) is 12.1. The number of hydrogen-bond acceptors (Lipinski definition) is 3. The van der Waals surface area contributed by atoms with Crippen LogP contribution in [0, 0.1) is 23.2 Å². The van der Waals surface area contributed by atoms with Crippen LogP contribution in [-0.4, -0.2) is 21.5 Å². The van der Waals surface area contributed by atoms with E-state index >= 15 is 0 Å². The Balaban J connectivity index is 1.35. The highest BCUT2D eigenvalue weighted by Crippen LogP contribution is 2.59. The molecular weight excluding hydrogens is 330 g/mol. The van der Waals surface area contributed by atoms with E-state index in [1.54, 1.807) is 6.07 Å². The van der Waals surface area contributed by atoms with E-state index in [1.807, 2.05) is 18.2 Å². The number of nitrogens with zero attached hydrogens (tertiary/aromatic N) is 1. The van der Waals surface area contributed by atoms with Crippen LogP contribution < -0.4 is 10.9 Å². The van der Waals surface area contributed by atoms with E-state index in [0.717, 1.165) is 24.3 Å². The molecule has 1 heterocycles. The number of rotatable bonds is 3. The van der Waals surface area contributed by atoms with Crippen LogP contribution in [0.5, 0.6) is 0 Å². The van der Waals surface area contributed by atoms with Gasteiger partial charge in [-0.25, -0.2) is 4.98 Å². The first-order valence-electron chi connectivity index (χ1n) is 9.37. The van der Waals surface area contributed by atoms with Crippen molar-refractivity contribution in [2.75, 3.05) is 6.54 Å². The van der Waals surface area contributed by atoms with Gasteiger partial charge in [0.1, 0.15) is 4.99 Å². The maximum atomic E-state index is 12.2. The zero-order valence-corrected chi connectivity index (χ0v) is 15.1. The Morgan fingerprint density at radius 3 is 2.48 bits per heavy atom.